The lowest BCUT2D eigenvalue weighted by atomic mass is 10.1. The van der Waals surface area contributed by atoms with Crippen LogP contribution in [-0.2, 0) is 0 Å². The fourth-order valence-electron chi connectivity index (χ4n) is 2.23. The van der Waals surface area contributed by atoms with Crippen LogP contribution in [0.25, 0.3) is 11.3 Å². The first-order chi connectivity index (χ1) is 12.9. The number of nitro benzene ring substituents is 1. The summed E-state index contributed by atoms with van der Waals surface area (Å²) in [7, 11) is 0. The van der Waals surface area contributed by atoms with E-state index in [4.69, 9.17) is 16.0 Å². The van der Waals surface area contributed by atoms with E-state index in [1.807, 2.05) is 6.07 Å². The second-order valence-electron chi connectivity index (χ2n) is 5.33. The molecule has 0 spiro atoms. The summed E-state index contributed by atoms with van der Waals surface area (Å²) in [5, 5.41) is 14.8. The van der Waals surface area contributed by atoms with Crippen LogP contribution in [0.3, 0.4) is 0 Å². The predicted octanol–water partition coefficient (Wildman–Crippen LogP) is 5.03. The van der Waals surface area contributed by atoms with Gasteiger partial charge in [-0.15, -0.1) is 0 Å². The first-order valence-electron chi connectivity index (χ1n) is 7.57. The van der Waals surface area contributed by atoms with Crippen molar-refractivity contribution >= 4 is 45.3 Å². The Morgan fingerprint density at radius 1 is 1.22 bits per heavy atom. The molecule has 1 heterocycles. The molecule has 0 fully saturated rings. The summed E-state index contributed by atoms with van der Waals surface area (Å²) in [5.41, 5.74) is 3.27. The Morgan fingerprint density at radius 2 is 2.04 bits per heavy atom. The van der Waals surface area contributed by atoms with Gasteiger partial charge < -0.3 is 4.42 Å². The zero-order valence-corrected chi connectivity index (χ0v) is 15.9. The number of furan rings is 1. The normalized spacial score (nSPS) is 10.9. The van der Waals surface area contributed by atoms with Crippen LogP contribution in [-0.4, -0.2) is 17.0 Å². The van der Waals surface area contributed by atoms with Crippen LogP contribution in [0.15, 0.2) is 68.6 Å². The van der Waals surface area contributed by atoms with E-state index in [-0.39, 0.29) is 16.6 Å². The topological polar surface area (TPSA) is 97.7 Å². The largest absolute Gasteiger partial charge is 0.455 e. The van der Waals surface area contributed by atoms with Gasteiger partial charge in [0.25, 0.3) is 11.6 Å². The van der Waals surface area contributed by atoms with Gasteiger partial charge in [0.05, 0.1) is 16.2 Å². The van der Waals surface area contributed by atoms with Crippen molar-refractivity contribution in [1.82, 2.24) is 5.43 Å². The molecule has 1 aromatic heterocycles. The molecule has 0 atom stereocenters. The average molecular weight is 449 g/mol. The number of halogens is 2. The van der Waals surface area contributed by atoms with Crippen LogP contribution >= 0.6 is 27.5 Å². The third-order valence-electron chi connectivity index (χ3n) is 3.50. The first-order valence-corrected chi connectivity index (χ1v) is 8.74. The van der Waals surface area contributed by atoms with E-state index < -0.39 is 4.92 Å². The van der Waals surface area contributed by atoms with Crippen molar-refractivity contribution in [2.24, 2.45) is 5.10 Å². The van der Waals surface area contributed by atoms with Crippen molar-refractivity contribution in [3.8, 4) is 11.3 Å². The minimum atomic E-state index is -0.524. The molecular weight excluding hydrogens is 438 g/mol. The molecule has 0 aliphatic heterocycles. The highest BCUT2D eigenvalue weighted by atomic mass is 79.9. The fourth-order valence-corrected chi connectivity index (χ4v) is 2.90. The number of benzene rings is 2. The molecule has 0 unspecified atom stereocenters. The molecule has 0 saturated carbocycles. The minimum absolute atomic E-state index is 0.104. The number of carbonyl (C=O) groups is 1. The molecule has 7 nitrogen and oxygen atoms in total. The third kappa shape index (κ3) is 4.60. The Morgan fingerprint density at radius 3 is 2.74 bits per heavy atom. The zero-order chi connectivity index (χ0) is 19.4. The Bertz CT molecular complexity index is 1050. The molecule has 27 heavy (non-hydrogen) atoms. The number of nitro groups is 1. The van der Waals surface area contributed by atoms with E-state index in [0.29, 0.717) is 22.6 Å². The van der Waals surface area contributed by atoms with Gasteiger partial charge in [-0.05, 0) is 36.4 Å². The summed E-state index contributed by atoms with van der Waals surface area (Å²) in [4.78, 5) is 22.2. The smallest absolute Gasteiger partial charge is 0.271 e. The van der Waals surface area contributed by atoms with Crippen molar-refractivity contribution in [2.45, 2.75) is 0 Å². The second kappa shape index (κ2) is 8.15. The van der Waals surface area contributed by atoms with Crippen molar-refractivity contribution in [1.29, 1.82) is 0 Å². The van der Waals surface area contributed by atoms with Gasteiger partial charge in [0.2, 0.25) is 0 Å². The van der Waals surface area contributed by atoms with Gasteiger partial charge in [0.1, 0.15) is 11.5 Å². The molecular formula is C18H11BrClN3O4. The van der Waals surface area contributed by atoms with Gasteiger partial charge >= 0.3 is 0 Å². The third-order valence-corrected chi connectivity index (χ3v) is 4.31. The molecule has 1 N–H and O–H groups in total. The number of rotatable bonds is 5. The van der Waals surface area contributed by atoms with E-state index in [0.717, 1.165) is 4.47 Å². The van der Waals surface area contributed by atoms with Gasteiger partial charge in [0.15, 0.2) is 0 Å². The lowest BCUT2D eigenvalue weighted by Crippen LogP contribution is -2.17. The lowest BCUT2D eigenvalue weighted by Gasteiger charge is -2.01. The molecule has 0 aliphatic rings. The van der Waals surface area contributed by atoms with Crippen molar-refractivity contribution < 1.29 is 14.1 Å². The van der Waals surface area contributed by atoms with E-state index in [1.54, 1.807) is 30.3 Å². The Labute approximate surface area is 166 Å². The summed E-state index contributed by atoms with van der Waals surface area (Å²) >= 11 is 9.38. The minimum Gasteiger partial charge on any atom is -0.455 e. The zero-order valence-electron chi connectivity index (χ0n) is 13.6. The van der Waals surface area contributed by atoms with Crippen molar-refractivity contribution in [2.75, 3.05) is 0 Å². The second-order valence-corrected chi connectivity index (χ2v) is 6.66. The number of nitrogens with zero attached hydrogens (tertiary/aromatic N) is 2. The van der Waals surface area contributed by atoms with E-state index in [1.165, 1.54) is 24.4 Å². The number of hydrogen-bond donors (Lipinski definition) is 1. The van der Waals surface area contributed by atoms with Crippen molar-refractivity contribution in [3.05, 3.63) is 85.5 Å². The molecule has 3 rings (SSSR count). The first kappa shape index (κ1) is 18.8. The van der Waals surface area contributed by atoms with Gasteiger partial charge in [-0.1, -0.05) is 33.6 Å². The summed E-state index contributed by atoms with van der Waals surface area (Å²) < 4.78 is 6.38. The summed E-state index contributed by atoms with van der Waals surface area (Å²) in [6.45, 7) is 0. The molecule has 0 aliphatic carbocycles. The SMILES string of the molecule is O=C(N/N=C\c1ccc(-c2ccc([N+](=O)[O-])cc2Cl)o1)c1cccc(Br)c1. The monoisotopic (exact) mass is 447 g/mol. The predicted molar refractivity (Wildman–Crippen MR) is 105 cm³/mol. The molecule has 9 heteroatoms. The van der Waals surface area contributed by atoms with Crippen LogP contribution in [0.1, 0.15) is 16.1 Å². The van der Waals surface area contributed by atoms with Gasteiger partial charge in [0, 0.05) is 27.7 Å². The number of amides is 1. The van der Waals surface area contributed by atoms with E-state index in [9.17, 15) is 14.9 Å². The highest BCUT2D eigenvalue weighted by Crippen LogP contribution is 2.32. The van der Waals surface area contributed by atoms with Crippen LogP contribution in [0.2, 0.25) is 5.02 Å². The molecule has 1 amide bonds. The quantitative estimate of drug-likeness (QED) is 0.336. The van der Waals surface area contributed by atoms with E-state index in [2.05, 4.69) is 26.5 Å². The molecule has 2 aromatic carbocycles. The Kier molecular flexibility index (Phi) is 5.68. The summed E-state index contributed by atoms with van der Waals surface area (Å²) in [6.07, 6.45) is 1.35. The van der Waals surface area contributed by atoms with Crippen LogP contribution in [0, 0.1) is 10.1 Å². The standard InChI is InChI=1S/C18H11BrClN3O4/c19-12-3-1-2-11(8-12)18(24)22-21-10-14-5-7-17(27-14)15-6-4-13(23(25)26)9-16(15)20/h1-10H,(H,22,24)/b21-10-. The maximum Gasteiger partial charge on any atom is 0.271 e. The number of hydrogen-bond acceptors (Lipinski definition) is 5. The van der Waals surface area contributed by atoms with E-state index >= 15 is 0 Å². The highest BCUT2D eigenvalue weighted by Gasteiger charge is 2.13. The fraction of sp³-hybridized carbons (Fsp3) is 0. The van der Waals surface area contributed by atoms with Crippen LogP contribution in [0.5, 0.6) is 0 Å². The number of hydrazone groups is 1. The Hall–Kier alpha value is -2.97. The van der Waals surface area contributed by atoms with Crippen molar-refractivity contribution in [3.63, 3.8) is 0 Å². The molecule has 3 aromatic rings. The lowest BCUT2D eigenvalue weighted by molar-refractivity contribution is -0.384. The Balaban J connectivity index is 1.70. The van der Waals surface area contributed by atoms with Crippen LogP contribution < -0.4 is 5.43 Å². The number of non-ortho nitro benzene ring substituents is 1. The maximum atomic E-state index is 12.0. The highest BCUT2D eigenvalue weighted by molar-refractivity contribution is 9.10. The average Bonchev–Trinajstić information content (AvgIpc) is 3.10. The van der Waals surface area contributed by atoms with Gasteiger partial charge in [-0.2, -0.15) is 5.10 Å². The number of nitrogens with one attached hydrogen (secondary N) is 1. The molecule has 136 valence electrons. The summed E-state index contributed by atoms with van der Waals surface area (Å²) in [5.74, 6) is 0.446. The molecule has 0 radical (unpaired) electrons. The maximum absolute atomic E-state index is 12.0. The number of carbonyl (C=O) groups excluding carboxylic acids is 1. The molecule has 0 bridgehead atoms. The summed E-state index contributed by atoms with van der Waals surface area (Å²) in [6, 6.07) is 14.3. The van der Waals surface area contributed by atoms with Gasteiger partial charge in [-0.3, -0.25) is 14.9 Å². The van der Waals surface area contributed by atoms with Crippen LogP contribution in [0.4, 0.5) is 5.69 Å². The van der Waals surface area contributed by atoms with Gasteiger partial charge in [-0.25, -0.2) is 5.43 Å². The molecule has 0 saturated heterocycles.